The molecule has 3 aromatic heterocycles. The van der Waals surface area contributed by atoms with Crippen molar-refractivity contribution in [1.82, 2.24) is 24.5 Å². The number of fused-ring (bicyclic) bond motifs is 1. The van der Waals surface area contributed by atoms with Crippen LogP contribution in [0.2, 0.25) is 0 Å². The molecule has 0 aliphatic heterocycles. The van der Waals surface area contributed by atoms with Crippen molar-refractivity contribution in [2.24, 2.45) is 13.0 Å². The lowest BCUT2D eigenvalue weighted by Gasteiger charge is -2.14. The van der Waals surface area contributed by atoms with Gasteiger partial charge in [0.1, 0.15) is 5.78 Å². The molecular formula is C25H27N5O. The highest BCUT2D eigenvalue weighted by atomic mass is 16.1. The summed E-state index contributed by atoms with van der Waals surface area (Å²) < 4.78 is 4.16. The molecule has 6 heteroatoms. The number of pyridine rings is 1. The molecule has 0 saturated heterocycles. The number of ketones is 1. The number of nitrogens with zero attached hydrogens (tertiary/aromatic N) is 5. The summed E-state index contributed by atoms with van der Waals surface area (Å²) in [5.74, 6) is 0.820. The molecule has 0 radical (unpaired) electrons. The number of carbonyl (C=O) groups is 1. The molecule has 1 aromatic carbocycles. The van der Waals surface area contributed by atoms with Gasteiger partial charge in [-0.05, 0) is 54.8 Å². The monoisotopic (exact) mass is 413 g/mol. The van der Waals surface area contributed by atoms with Crippen LogP contribution >= 0.6 is 0 Å². The first kappa shape index (κ1) is 19.7. The molecule has 4 aromatic rings. The van der Waals surface area contributed by atoms with Gasteiger partial charge in [0.2, 0.25) is 0 Å². The number of aromatic nitrogens is 5. The third-order valence-electron chi connectivity index (χ3n) is 6.59. The average Bonchev–Trinajstić information content (AvgIpc) is 3.54. The zero-order chi connectivity index (χ0) is 21.4. The van der Waals surface area contributed by atoms with Gasteiger partial charge in [-0.3, -0.25) is 9.78 Å². The number of Topliss-reactive ketones (excluding diaryl/α,β-unsaturated/α-hetero) is 1. The Morgan fingerprint density at radius 1 is 1.10 bits per heavy atom. The Hall–Kier alpha value is -3.28. The van der Waals surface area contributed by atoms with Crippen molar-refractivity contribution >= 4 is 16.7 Å². The molecule has 3 heterocycles. The van der Waals surface area contributed by atoms with Gasteiger partial charge in [-0.15, -0.1) is 5.10 Å². The van der Waals surface area contributed by atoms with Crippen molar-refractivity contribution in [3.05, 3.63) is 55.0 Å². The van der Waals surface area contributed by atoms with Crippen LogP contribution in [0.1, 0.15) is 45.1 Å². The molecule has 6 nitrogen and oxygen atoms in total. The zero-order valence-corrected chi connectivity index (χ0v) is 18.0. The van der Waals surface area contributed by atoms with Crippen LogP contribution in [0.5, 0.6) is 0 Å². The Bertz CT molecular complexity index is 1220. The van der Waals surface area contributed by atoms with E-state index in [4.69, 9.17) is 4.98 Å². The molecule has 0 N–H and O–H groups in total. The van der Waals surface area contributed by atoms with Gasteiger partial charge in [0.25, 0.3) is 0 Å². The SMILES string of the molecule is CCC(=O)C[C@H]1CC[C@@H](n2nncc2-c2ccc(-c3ccc4ccn(C)c4c3)nc2)C1. The summed E-state index contributed by atoms with van der Waals surface area (Å²) in [6.45, 7) is 1.94. The Morgan fingerprint density at radius 3 is 2.77 bits per heavy atom. The van der Waals surface area contributed by atoms with E-state index >= 15 is 0 Å². The van der Waals surface area contributed by atoms with Gasteiger partial charge in [-0.2, -0.15) is 0 Å². The quantitative estimate of drug-likeness (QED) is 0.435. The highest BCUT2D eigenvalue weighted by Crippen LogP contribution is 2.38. The second-order valence-electron chi connectivity index (χ2n) is 8.63. The van der Waals surface area contributed by atoms with E-state index in [1.807, 2.05) is 24.0 Å². The minimum absolute atomic E-state index is 0.298. The van der Waals surface area contributed by atoms with Gasteiger partial charge in [-0.25, -0.2) is 4.68 Å². The van der Waals surface area contributed by atoms with Gasteiger partial charge in [-0.1, -0.05) is 24.3 Å². The smallest absolute Gasteiger partial charge is 0.132 e. The van der Waals surface area contributed by atoms with Crippen LogP contribution in [0.3, 0.4) is 0 Å². The highest BCUT2D eigenvalue weighted by molar-refractivity contribution is 5.85. The maximum atomic E-state index is 11.8. The van der Waals surface area contributed by atoms with Gasteiger partial charge in [0, 0.05) is 48.9 Å². The van der Waals surface area contributed by atoms with E-state index < -0.39 is 0 Å². The summed E-state index contributed by atoms with van der Waals surface area (Å²) in [6.07, 6.45) is 10.2. The van der Waals surface area contributed by atoms with Crippen LogP contribution < -0.4 is 0 Å². The molecule has 0 bridgehead atoms. The van der Waals surface area contributed by atoms with E-state index in [-0.39, 0.29) is 0 Å². The summed E-state index contributed by atoms with van der Waals surface area (Å²) in [4.78, 5) is 16.6. The molecule has 0 amide bonds. The topological polar surface area (TPSA) is 65.6 Å². The van der Waals surface area contributed by atoms with Crippen LogP contribution in [0.4, 0.5) is 0 Å². The maximum absolute atomic E-state index is 11.8. The molecule has 2 atom stereocenters. The van der Waals surface area contributed by atoms with E-state index in [1.54, 1.807) is 0 Å². The number of benzene rings is 1. The number of hydrogen-bond donors (Lipinski definition) is 0. The highest BCUT2D eigenvalue weighted by Gasteiger charge is 2.29. The lowest BCUT2D eigenvalue weighted by Crippen LogP contribution is -2.10. The third-order valence-corrected chi connectivity index (χ3v) is 6.59. The van der Waals surface area contributed by atoms with Crippen molar-refractivity contribution in [3.63, 3.8) is 0 Å². The number of carbonyl (C=O) groups excluding carboxylic acids is 1. The lowest BCUT2D eigenvalue weighted by atomic mass is 9.99. The van der Waals surface area contributed by atoms with Gasteiger partial charge in [0.05, 0.1) is 23.6 Å². The molecular weight excluding hydrogens is 386 g/mol. The lowest BCUT2D eigenvalue weighted by molar-refractivity contribution is -0.119. The standard InChI is InChI=1S/C25H27N5O/c1-3-22(31)13-17-4-8-21(12-17)30-25(16-27-28-30)20-7-9-23(26-15-20)19-6-5-18-10-11-29(2)24(18)14-19/h5-7,9-11,14-17,21H,3-4,8,12-13H2,1-2H3/t17-,21+/m0/s1. The third kappa shape index (κ3) is 3.78. The number of hydrogen-bond acceptors (Lipinski definition) is 4. The summed E-state index contributed by atoms with van der Waals surface area (Å²) in [5, 5.41) is 9.79. The number of rotatable bonds is 6. The molecule has 1 aliphatic carbocycles. The van der Waals surface area contributed by atoms with Crippen LogP contribution in [0, 0.1) is 5.92 Å². The van der Waals surface area contributed by atoms with E-state index in [1.165, 1.54) is 10.9 Å². The molecule has 5 rings (SSSR count). The van der Waals surface area contributed by atoms with E-state index in [2.05, 4.69) is 64.5 Å². The Balaban J connectivity index is 1.37. The minimum Gasteiger partial charge on any atom is -0.351 e. The molecule has 1 fully saturated rings. The molecule has 0 spiro atoms. The minimum atomic E-state index is 0.298. The Kier molecular flexibility index (Phi) is 5.14. The van der Waals surface area contributed by atoms with Crippen molar-refractivity contribution in [2.45, 2.75) is 45.1 Å². The fraction of sp³-hybridized carbons (Fsp3) is 0.360. The predicted molar refractivity (Wildman–Crippen MR) is 121 cm³/mol. The molecule has 31 heavy (non-hydrogen) atoms. The molecule has 158 valence electrons. The van der Waals surface area contributed by atoms with Gasteiger partial charge in [0.15, 0.2) is 0 Å². The second kappa shape index (κ2) is 8.10. The fourth-order valence-corrected chi connectivity index (χ4v) is 4.78. The first-order valence-corrected chi connectivity index (χ1v) is 11.1. The molecule has 1 aliphatic rings. The van der Waals surface area contributed by atoms with E-state index in [0.29, 0.717) is 30.6 Å². The summed E-state index contributed by atoms with van der Waals surface area (Å²) >= 11 is 0. The maximum Gasteiger partial charge on any atom is 0.132 e. The average molecular weight is 414 g/mol. The first-order chi connectivity index (χ1) is 15.1. The van der Waals surface area contributed by atoms with Crippen LogP contribution in [0.15, 0.2) is 55.0 Å². The number of aryl methyl sites for hydroxylation is 1. The van der Waals surface area contributed by atoms with Crippen molar-refractivity contribution in [1.29, 1.82) is 0 Å². The molecule has 0 unspecified atom stereocenters. The normalized spacial score (nSPS) is 18.6. The summed E-state index contributed by atoms with van der Waals surface area (Å²) in [6, 6.07) is 13.0. The van der Waals surface area contributed by atoms with Crippen molar-refractivity contribution in [3.8, 4) is 22.5 Å². The van der Waals surface area contributed by atoms with Gasteiger partial charge >= 0.3 is 0 Å². The summed E-state index contributed by atoms with van der Waals surface area (Å²) in [7, 11) is 2.06. The first-order valence-electron chi connectivity index (χ1n) is 11.1. The van der Waals surface area contributed by atoms with Crippen molar-refractivity contribution < 1.29 is 4.79 Å². The Labute approximate surface area is 181 Å². The van der Waals surface area contributed by atoms with Gasteiger partial charge < -0.3 is 4.57 Å². The zero-order valence-electron chi connectivity index (χ0n) is 18.0. The Morgan fingerprint density at radius 2 is 1.97 bits per heavy atom. The van der Waals surface area contributed by atoms with Crippen molar-refractivity contribution in [2.75, 3.05) is 0 Å². The van der Waals surface area contributed by atoms with Crippen LogP contribution in [-0.4, -0.2) is 30.3 Å². The van der Waals surface area contributed by atoms with E-state index in [0.717, 1.165) is 41.8 Å². The second-order valence-corrected chi connectivity index (χ2v) is 8.63. The molecule has 1 saturated carbocycles. The van der Waals surface area contributed by atoms with E-state index in [9.17, 15) is 4.79 Å². The summed E-state index contributed by atoms with van der Waals surface area (Å²) in [5.41, 5.74) is 5.26. The predicted octanol–water partition coefficient (Wildman–Crippen LogP) is 5.21. The van der Waals surface area contributed by atoms with Crippen LogP contribution in [0.25, 0.3) is 33.4 Å². The largest absolute Gasteiger partial charge is 0.351 e. The van der Waals surface area contributed by atoms with Crippen LogP contribution in [-0.2, 0) is 11.8 Å². The fourth-order valence-electron chi connectivity index (χ4n) is 4.78.